The SMILES string of the molecule is O=C(NCCOC1CCCC1)c1cc(S(=O)(=O)Cl)c(Br)o1. The highest BCUT2D eigenvalue weighted by molar-refractivity contribution is 9.10. The van der Waals surface area contributed by atoms with Gasteiger partial charge < -0.3 is 14.5 Å². The van der Waals surface area contributed by atoms with Crippen LogP contribution >= 0.6 is 26.6 Å². The summed E-state index contributed by atoms with van der Waals surface area (Å²) in [4.78, 5) is 11.5. The Kier molecular flexibility index (Phi) is 5.70. The Bertz CT molecular complexity index is 609. The van der Waals surface area contributed by atoms with Gasteiger partial charge in [-0.2, -0.15) is 0 Å². The van der Waals surface area contributed by atoms with Crippen LogP contribution in [0.2, 0.25) is 0 Å². The quantitative estimate of drug-likeness (QED) is 0.586. The van der Waals surface area contributed by atoms with Crippen molar-refractivity contribution in [3.63, 3.8) is 0 Å². The maximum atomic E-state index is 11.8. The van der Waals surface area contributed by atoms with Gasteiger partial charge in [-0.05, 0) is 28.8 Å². The number of carbonyl (C=O) groups is 1. The molecule has 1 heterocycles. The van der Waals surface area contributed by atoms with Crippen LogP contribution in [0, 0.1) is 0 Å². The number of carbonyl (C=O) groups excluding carboxylic acids is 1. The molecule has 1 N–H and O–H groups in total. The minimum absolute atomic E-state index is 0.0927. The Morgan fingerprint density at radius 2 is 2.14 bits per heavy atom. The second-order valence-corrected chi connectivity index (χ2v) is 7.97. The van der Waals surface area contributed by atoms with Gasteiger partial charge in [-0.1, -0.05) is 12.8 Å². The lowest BCUT2D eigenvalue weighted by Crippen LogP contribution is -2.28. The molecule has 6 nitrogen and oxygen atoms in total. The van der Waals surface area contributed by atoms with E-state index in [-0.39, 0.29) is 21.4 Å². The van der Waals surface area contributed by atoms with Gasteiger partial charge in [0.1, 0.15) is 4.90 Å². The summed E-state index contributed by atoms with van der Waals surface area (Å²) in [6, 6.07) is 1.08. The molecule has 0 radical (unpaired) electrons. The Balaban J connectivity index is 1.83. The van der Waals surface area contributed by atoms with Crippen LogP contribution in [0.25, 0.3) is 0 Å². The molecule has 21 heavy (non-hydrogen) atoms. The Morgan fingerprint density at radius 3 is 2.71 bits per heavy atom. The molecule has 1 aromatic rings. The number of ether oxygens (including phenoxy) is 1. The average Bonchev–Trinajstić information content (AvgIpc) is 3.02. The van der Waals surface area contributed by atoms with E-state index < -0.39 is 15.0 Å². The zero-order chi connectivity index (χ0) is 15.5. The molecule has 0 unspecified atom stereocenters. The van der Waals surface area contributed by atoms with Crippen LogP contribution < -0.4 is 5.32 Å². The zero-order valence-corrected chi connectivity index (χ0v) is 14.3. The van der Waals surface area contributed by atoms with Crippen molar-refractivity contribution >= 4 is 41.6 Å². The number of hydrogen-bond donors (Lipinski definition) is 1. The fourth-order valence-corrected chi connectivity index (χ4v) is 4.20. The van der Waals surface area contributed by atoms with Crippen molar-refractivity contribution < 1.29 is 22.4 Å². The summed E-state index contributed by atoms with van der Waals surface area (Å²) in [5.41, 5.74) is 0. The van der Waals surface area contributed by atoms with E-state index in [9.17, 15) is 13.2 Å². The Hall–Kier alpha value is -0.570. The van der Waals surface area contributed by atoms with Crippen molar-refractivity contribution in [3.8, 4) is 0 Å². The first-order chi connectivity index (χ1) is 9.88. The van der Waals surface area contributed by atoms with Gasteiger partial charge in [0.2, 0.25) is 0 Å². The number of furan rings is 1. The summed E-state index contributed by atoms with van der Waals surface area (Å²) in [7, 11) is 1.26. The molecule has 0 bridgehead atoms. The lowest BCUT2D eigenvalue weighted by atomic mass is 10.3. The van der Waals surface area contributed by atoms with E-state index in [0.29, 0.717) is 13.2 Å². The van der Waals surface area contributed by atoms with Gasteiger partial charge in [-0.15, -0.1) is 0 Å². The molecule has 0 spiro atoms. The fourth-order valence-electron chi connectivity index (χ4n) is 2.16. The number of halogens is 2. The molecule has 0 aliphatic heterocycles. The van der Waals surface area contributed by atoms with E-state index in [2.05, 4.69) is 21.2 Å². The first-order valence-electron chi connectivity index (χ1n) is 6.51. The van der Waals surface area contributed by atoms with Crippen LogP contribution in [0.1, 0.15) is 36.2 Å². The molecule has 1 fully saturated rings. The molecular weight excluding hydrogens is 386 g/mol. The first-order valence-corrected chi connectivity index (χ1v) is 9.62. The number of amides is 1. The third-order valence-electron chi connectivity index (χ3n) is 3.19. The topological polar surface area (TPSA) is 85.6 Å². The first kappa shape index (κ1) is 16.8. The monoisotopic (exact) mass is 399 g/mol. The molecule has 1 saturated carbocycles. The molecule has 2 rings (SSSR count). The summed E-state index contributed by atoms with van der Waals surface area (Å²) in [5.74, 6) is -0.640. The molecule has 118 valence electrons. The minimum Gasteiger partial charge on any atom is -0.443 e. The maximum Gasteiger partial charge on any atom is 0.287 e. The van der Waals surface area contributed by atoms with Crippen LogP contribution in [0.4, 0.5) is 0 Å². The predicted molar refractivity (Wildman–Crippen MR) is 80.0 cm³/mol. The lowest BCUT2D eigenvalue weighted by molar-refractivity contribution is 0.0577. The number of hydrogen-bond acceptors (Lipinski definition) is 5. The van der Waals surface area contributed by atoms with Crippen molar-refractivity contribution in [2.24, 2.45) is 0 Å². The van der Waals surface area contributed by atoms with Crippen molar-refractivity contribution in [2.45, 2.75) is 36.7 Å². The van der Waals surface area contributed by atoms with Crippen molar-refractivity contribution in [3.05, 3.63) is 16.5 Å². The van der Waals surface area contributed by atoms with Crippen LogP contribution in [0.3, 0.4) is 0 Å². The number of nitrogens with one attached hydrogen (secondary N) is 1. The standard InChI is InChI=1S/C12H15BrClNO5S/c13-11-10(21(14,17)18)7-9(20-11)12(16)15-5-6-19-8-3-1-2-4-8/h7-8H,1-6H2,(H,15,16). The van der Waals surface area contributed by atoms with Crippen molar-refractivity contribution in [1.29, 1.82) is 0 Å². The summed E-state index contributed by atoms with van der Waals surface area (Å²) in [5, 5.41) is 2.60. The molecule has 0 saturated heterocycles. The van der Waals surface area contributed by atoms with E-state index in [1.807, 2.05) is 0 Å². The largest absolute Gasteiger partial charge is 0.443 e. The summed E-state index contributed by atoms with van der Waals surface area (Å²) in [6.45, 7) is 0.746. The third-order valence-corrected chi connectivity index (χ3v) is 5.36. The van der Waals surface area contributed by atoms with Crippen LogP contribution in [0.15, 0.2) is 20.0 Å². The Labute approximate surface area is 135 Å². The van der Waals surface area contributed by atoms with Gasteiger partial charge in [0.15, 0.2) is 10.4 Å². The van der Waals surface area contributed by atoms with Crippen LogP contribution in [-0.4, -0.2) is 33.6 Å². The second-order valence-electron chi connectivity index (χ2n) is 4.72. The molecule has 1 aliphatic carbocycles. The van der Waals surface area contributed by atoms with Gasteiger partial charge in [-0.3, -0.25) is 4.79 Å². The normalized spacial score (nSPS) is 16.3. The fraction of sp³-hybridized carbons (Fsp3) is 0.583. The smallest absolute Gasteiger partial charge is 0.287 e. The van der Waals surface area contributed by atoms with Crippen LogP contribution in [0.5, 0.6) is 0 Å². The maximum absolute atomic E-state index is 11.8. The number of rotatable bonds is 6. The highest BCUT2D eigenvalue weighted by atomic mass is 79.9. The van der Waals surface area contributed by atoms with Crippen LogP contribution in [-0.2, 0) is 13.8 Å². The van der Waals surface area contributed by atoms with Gasteiger partial charge in [0.25, 0.3) is 15.0 Å². The zero-order valence-electron chi connectivity index (χ0n) is 11.1. The van der Waals surface area contributed by atoms with E-state index in [1.54, 1.807) is 0 Å². The molecule has 0 atom stereocenters. The van der Waals surface area contributed by atoms with E-state index >= 15 is 0 Å². The molecule has 1 amide bonds. The van der Waals surface area contributed by atoms with E-state index in [1.165, 1.54) is 12.8 Å². The van der Waals surface area contributed by atoms with E-state index in [0.717, 1.165) is 18.9 Å². The minimum atomic E-state index is -3.96. The highest BCUT2D eigenvalue weighted by Crippen LogP contribution is 2.28. The molecule has 1 aliphatic rings. The Morgan fingerprint density at radius 1 is 1.48 bits per heavy atom. The van der Waals surface area contributed by atoms with Gasteiger partial charge in [-0.25, -0.2) is 8.42 Å². The molecule has 0 aromatic carbocycles. The van der Waals surface area contributed by atoms with Gasteiger partial charge in [0.05, 0.1) is 12.7 Å². The van der Waals surface area contributed by atoms with Crippen molar-refractivity contribution in [1.82, 2.24) is 5.32 Å². The predicted octanol–water partition coefficient (Wildman–Crippen LogP) is 2.66. The lowest BCUT2D eigenvalue weighted by Gasteiger charge is -2.10. The summed E-state index contributed by atoms with van der Waals surface area (Å²) >= 11 is 2.91. The van der Waals surface area contributed by atoms with Gasteiger partial charge >= 0.3 is 0 Å². The van der Waals surface area contributed by atoms with Crippen molar-refractivity contribution in [2.75, 3.05) is 13.2 Å². The molecule has 1 aromatic heterocycles. The highest BCUT2D eigenvalue weighted by Gasteiger charge is 2.23. The average molecular weight is 401 g/mol. The summed E-state index contributed by atoms with van der Waals surface area (Å²) < 4.78 is 33.0. The van der Waals surface area contributed by atoms with E-state index in [4.69, 9.17) is 19.8 Å². The third kappa shape index (κ3) is 4.70. The second kappa shape index (κ2) is 7.13. The summed E-state index contributed by atoms with van der Waals surface area (Å²) in [6.07, 6.45) is 4.79. The molecular formula is C12H15BrClNO5S. The van der Waals surface area contributed by atoms with Gasteiger partial charge in [0, 0.05) is 23.3 Å². The molecule has 9 heteroatoms.